The Morgan fingerprint density at radius 3 is 3.06 bits per heavy atom. The van der Waals surface area contributed by atoms with Crippen LogP contribution >= 0.6 is 22.9 Å². The Bertz CT molecular complexity index is 425. The molecule has 0 bridgehead atoms. The molecule has 0 aromatic carbocycles. The maximum absolute atomic E-state index is 5.37. The number of nitrogens with two attached hydrogens (primary N) is 1. The summed E-state index contributed by atoms with van der Waals surface area (Å²) in [6.45, 7) is 1.66. The lowest BCUT2D eigenvalue weighted by molar-refractivity contribution is 0.318. The van der Waals surface area contributed by atoms with Gasteiger partial charge in [-0.15, -0.1) is 16.4 Å². The summed E-state index contributed by atoms with van der Waals surface area (Å²) in [7, 11) is 2.05. The van der Waals surface area contributed by atoms with E-state index in [-0.39, 0.29) is 0 Å². The molecule has 0 amide bonds. The molecule has 0 saturated heterocycles. The van der Waals surface area contributed by atoms with Crippen LogP contribution in [0.25, 0.3) is 0 Å². The van der Waals surface area contributed by atoms with Gasteiger partial charge in [0.25, 0.3) is 0 Å². The second-order valence-corrected chi connectivity index (χ2v) is 5.23. The summed E-state index contributed by atoms with van der Waals surface area (Å²) in [6.07, 6.45) is 0. The largest absolute Gasteiger partial charge is 0.313 e. The summed E-state index contributed by atoms with van der Waals surface area (Å²) in [5.74, 6) is 5.37. The molecule has 0 aliphatic rings. The van der Waals surface area contributed by atoms with Crippen LogP contribution in [-0.4, -0.2) is 21.5 Å². The van der Waals surface area contributed by atoms with E-state index in [1.54, 1.807) is 11.3 Å². The number of thiophene rings is 1. The predicted molar refractivity (Wildman–Crippen MR) is 67.2 cm³/mol. The van der Waals surface area contributed by atoms with Crippen molar-refractivity contribution in [3.8, 4) is 0 Å². The number of hydrazine groups is 1. The molecule has 2 aromatic rings. The lowest BCUT2D eigenvalue weighted by Crippen LogP contribution is -2.18. The van der Waals surface area contributed by atoms with Crippen LogP contribution in [0.3, 0.4) is 0 Å². The third-order valence-corrected chi connectivity index (χ3v) is 3.67. The first-order valence-electron chi connectivity index (χ1n) is 4.78. The molecule has 3 N–H and O–H groups in total. The molecule has 0 fully saturated rings. The maximum Gasteiger partial charge on any atom is 0.148 e. The lowest BCUT2D eigenvalue weighted by Gasteiger charge is -2.14. The van der Waals surface area contributed by atoms with Crippen molar-refractivity contribution >= 4 is 27.9 Å². The van der Waals surface area contributed by atoms with Crippen molar-refractivity contribution in [3.63, 3.8) is 0 Å². The summed E-state index contributed by atoms with van der Waals surface area (Å²) in [5.41, 5.74) is 3.50. The van der Waals surface area contributed by atoms with Crippen LogP contribution < -0.4 is 11.3 Å². The molecule has 5 nitrogen and oxygen atoms in total. The van der Waals surface area contributed by atoms with E-state index >= 15 is 0 Å². The van der Waals surface area contributed by atoms with Gasteiger partial charge in [0.05, 0.1) is 0 Å². The molecular formula is C9H13N5S2. The first-order valence-corrected chi connectivity index (χ1v) is 6.43. The van der Waals surface area contributed by atoms with Crippen LogP contribution in [0.1, 0.15) is 10.6 Å². The molecule has 2 heterocycles. The summed E-state index contributed by atoms with van der Waals surface area (Å²) in [4.78, 5) is 3.52. The monoisotopic (exact) mass is 255 g/mol. The number of aromatic nitrogens is 2. The highest BCUT2D eigenvalue weighted by Gasteiger charge is 2.10. The van der Waals surface area contributed by atoms with Gasteiger partial charge < -0.3 is 5.43 Å². The van der Waals surface area contributed by atoms with E-state index in [4.69, 9.17) is 5.84 Å². The first kappa shape index (κ1) is 11.5. The van der Waals surface area contributed by atoms with Crippen molar-refractivity contribution in [2.45, 2.75) is 13.1 Å². The van der Waals surface area contributed by atoms with Gasteiger partial charge in [0, 0.05) is 29.5 Å². The van der Waals surface area contributed by atoms with Crippen molar-refractivity contribution in [2.24, 2.45) is 5.84 Å². The number of hydrogen-bond acceptors (Lipinski definition) is 7. The Kier molecular flexibility index (Phi) is 3.83. The Labute approximate surface area is 102 Å². The topological polar surface area (TPSA) is 67.1 Å². The van der Waals surface area contributed by atoms with Gasteiger partial charge in [0.15, 0.2) is 0 Å². The SMILES string of the molecule is CN(Cc1cccs1)Cc1nnsc1NN. The summed E-state index contributed by atoms with van der Waals surface area (Å²) >= 11 is 3.04. The highest BCUT2D eigenvalue weighted by Crippen LogP contribution is 2.19. The highest BCUT2D eigenvalue weighted by molar-refractivity contribution is 7.10. The maximum atomic E-state index is 5.37. The van der Waals surface area contributed by atoms with E-state index < -0.39 is 0 Å². The van der Waals surface area contributed by atoms with Crippen molar-refractivity contribution < 1.29 is 0 Å². The smallest absolute Gasteiger partial charge is 0.148 e. The molecule has 0 unspecified atom stereocenters. The van der Waals surface area contributed by atoms with Crippen LogP contribution in [0, 0.1) is 0 Å². The van der Waals surface area contributed by atoms with Crippen LogP contribution in [0.4, 0.5) is 5.00 Å². The summed E-state index contributed by atoms with van der Waals surface area (Å²) in [5, 5.41) is 6.96. The fourth-order valence-corrected chi connectivity index (χ4v) is 2.67. The minimum atomic E-state index is 0.744. The lowest BCUT2D eigenvalue weighted by atomic mass is 10.4. The minimum Gasteiger partial charge on any atom is -0.313 e. The zero-order valence-corrected chi connectivity index (χ0v) is 10.5. The van der Waals surface area contributed by atoms with E-state index in [1.165, 1.54) is 16.4 Å². The first-order chi connectivity index (χ1) is 7.79. The van der Waals surface area contributed by atoms with E-state index in [1.807, 2.05) is 0 Å². The van der Waals surface area contributed by atoms with Crippen LogP contribution in [0.15, 0.2) is 17.5 Å². The van der Waals surface area contributed by atoms with Gasteiger partial charge >= 0.3 is 0 Å². The van der Waals surface area contributed by atoms with Gasteiger partial charge in [-0.05, 0) is 18.5 Å². The van der Waals surface area contributed by atoms with Gasteiger partial charge in [-0.1, -0.05) is 10.6 Å². The van der Waals surface area contributed by atoms with E-state index in [0.717, 1.165) is 23.8 Å². The predicted octanol–water partition coefficient (Wildman–Crippen LogP) is 1.52. The van der Waals surface area contributed by atoms with Crippen molar-refractivity contribution in [1.82, 2.24) is 14.5 Å². The number of nitrogens with zero attached hydrogens (tertiary/aromatic N) is 3. The summed E-state index contributed by atoms with van der Waals surface area (Å²) < 4.78 is 3.87. The molecule has 2 rings (SSSR count). The molecular weight excluding hydrogens is 242 g/mol. The molecule has 0 radical (unpaired) electrons. The second-order valence-electron chi connectivity index (χ2n) is 3.44. The molecule has 86 valence electrons. The molecule has 2 aromatic heterocycles. The molecule has 0 spiro atoms. The number of nitrogen functional groups attached to an aromatic ring is 1. The molecule has 0 atom stereocenters. The van der Waals surface area contributed by atoms with Crippen LogP contribution in [0.2, 0.25) is 0 Å². The van der Waals surface area contributed by atoms with Gasteiger partial charge in [-0.25, -0.2) is 5.84 Å². The third-order valence-electron chi connectivity index (χ3n) is 2.11. The zero-order chi connectivity index (χ0) is 11.4. The van der Waals surface area contributed by atoms with Crippen LogP contribution in [0.5, 0.6) is 0 Å². The zero-order valence-electron chi connectivity index (χ0n) is 8.88. The third kappa shape index (κ3) is 2.76. The minimum absolute atomic E-state index is 0.744. The van der Waals surface area contributed by atoms with Gasteiger partial charge in [0.1, 0.15) is 10.7 Å². The molecule has 0 aliphatic heterocycles. The average Bonchev–Trinajstić information content (AvgIpc) is 2.88. The number of rotatable bonds is 5. The summed E-state index contributed by atoms with van der Waals surface area (Å²) in [6, 6.07) is 4.19. The molecule has 0 aliphatic carbocycles. The van der Waals surface area contributed by atoms with Gasteiger partial charge in [0.2, 0.25) is 0 Å². The van der Waals surface area contributed by atoms with Crippen LogP contribution in [-0.2, 0) is 13.1 Å². The Balaban J connectivity index is 1.94. The molecule has 0 saturated carbocycles. The Morgan fingerprint density at radius 1 is 1.50 bits per heavy atom. The quantitative estimate of drug-likeness (QED) is 0.626. The van der Waals surface area contributed by atoms with Gasteiger partial charge in [-0.3, -0.25) is 4.90 Å². The van der Waals surface area contributed by atoms with E-state index in [2.05, 4.69) is 44.5 Å². The Hall–Kier alpha value is -1.02. The number of nitrogens with one attached hydrogen (secondary N) is 1. The molecule has 7 heteroatoms. The normalized spacial score (nSPS) is 10.9. The van der Waals surface area contributed by atoms with E-state index in [9.17, 15) is 0 Å². The van der Waals surface area contributed by atoms with E-state index in [0.29, 0.717) is 0 Å². The number of hydrogen-bond donors (Lipinski definition) is 2. The Morgan fingerprint density at radius 2 is 2.38 bits per heavy atom. The van der Waals surface area contributed by atoms with Crippen molar-refractivity contribution in [1.29, 1.82) is 0 Å². The van der Waals surface area contributed by atoms with Crippen molar-refractivity contribution in [2.75, 3.05) is 12.5 Å². The molecule has 16 heavy (non-hydrogen) atoms. The average molecular weight is 255 g/mol. The fraction of sp³-hybridized carbons (Fsp3) is 0.333. The second kappa shape index (κ2) is 5.35. The van der Waals surface area contributed by atoms with Gasteiger partial charge in [-0.2, -0.15) is 0 Å². The standard InChI is InChI=1S/C9H13N5S2/c1-14(5-7-3-2-4-15-7)6-8-9(11-10)16-13-12-8/h2-4,11H,5-6,10H2,1H3. The highest BCUT2D eigenvalue weighted by atomic mass is 32.1. The number of anilines is 1. The van der Waals surface area contributed by atoms with Crippen molar-refractivity contribution in [3.05, 3.63) is 28.1 Å². The fourth-order valence-electron chi connectivity index (χ4n) is 1.40.